The Hall–Kier alpha value is -5.13. The van der Waals surface area contributed by atoms with Gasteiger partial charge in [-0.3, -0.25) is 9.59 Å². The number of halogens is 2. The number of aryl methyl sites for hydroxylation is 1. The highest BCUT2D eigenvalue weighted by molar-refractivity contribution is 6.30. The number of carbonyl (C=O) groups excluding carboxylic acids is 3. The predicted octanol–water partition coefficient (Wildman–Crippen LogP) is 9.70. The van der Waals surface area contributed by atoms with E-state index in [4.69, 9.17) is 30.5 Å². The number of carbonyl (C=O) groups is 3. The van der Waals surface area contributed by atoms with Crippen LogP contribution < -0.4 is 19.7 Å². The third kappa shape index (κ3) is 12.9. The number of hydrogen-bond acceptors (Lipinski definition) is 7. The summed E-state index contributed by atoms with van der Waals surface area (Å²) in [5.41, 5.74) is 2.34. The molecule has 316 valence electrons. The third-order valence-corrected chi connectivity index (χ3v) is 9.79. The van der Waals surface area contributed by atoms with E-state index in [1.54, 1.807) is 52.3 Å². The summed E-state index contributed by atoms with van der Waals surface area (Å²) in [5.74, 6) is -0.487. The summed E-state index contributed by atoms with van der Waals surface area (Å²) in [6.07, 6.45) is -0.704. The van der Waals surface area contributed by atoms with Gasteiger partial charge in [0.1, 0.15) is 23.6 Å². The van der Waals surface area contributed by atoms with Gasteiger partial charge in [-0.1, -0.05) is 93.0 Å². The quantitative estimate of drug-likeness (QED) is 0.112. The summed E-state index contributed by atoms with van der Waals surface area (Å²) < 4.78 is 39.1. The fourth-order valence-corrected chi connectivity index (χ4v) is 7.09. The van der Waals surface area contributed by atoms with E-state index in [0.717, 1.165) is 12.8 Å². The van der Waals surface area contributed by atoms with Gasteiger partial charge in [0.2, 0.25) is 5.91 Å². The summed E-state index contributed by atoms with van der Waals surface area (Å²) >= 11 is 6.62. The minimum absolute atomic E-state index is 0.0478. The van der Waals surface area contributed by atoms with Crippen molar-refractivity contribution in [1.82, 2.24) is 10.2 Å². The molecule has 3 amide bonds. The van der Waals surface area contributed by atoms with E-state index >= 15 is 0 Å². The van der Waals surface area contributed by atoms with Gasteiger partial charge in [-0.2, -0.15) is 0 Å². The molecule has 0 saturated carbocycles. The second-order valence-electron chi connectivity index (χ2n) is 16.9. The first kappa shape index (κ1) is 45.0. The van der Waals surface area contributed by atoms with Crippen LogP contribution in [-0.4, -0.2) is 67.9 Å². The van der Waals surface area contributed by atoms with Crippen molar-refractivity contribution < 1.29 is 37.7 Å². The van der Waals surface area contributed by atoms with E-state index in [2.05, 4.69) is 17.4 Å². The molecule has 4 aromatic carbocycles. The van der Waals surface area contributed by atoms with Gasteiger partial charge in [-0.05, 0) is 81.3 Å². The molecule has 0 saturated heterocycles. The number of anilines is 1. The topological polar surface area (TPSA) is 107 Å². The van der Waals surface area contributed by atoms with Crippen LogP contribution in [-0.2, 0) is 32.0 Å². The molecule has 1 heterocycles. The molecule has 0 radical (unpaired) electrons. The molecule has 59 heavy (non-hydrogen) atoms. The molecule has 12 heteroatoms. The van der Waals surface area contributed by atoms with Gasteiger partial charge in [0.05, 0.1) is 20.1 Å². The Kier molecular flexibility index (Phi) is 15.4. The van der Waals surface area contributed by atoms with Gasteiger partial charge < -0.3 is 34.1 Å². The molecule has 5 rings (SSSR count). The predicted molar refractivity (Wildman–Crippen MR) is 229 cm³/mol. The van der Waals surface area contributed by atoms with Gasteiger partial charge in [-0.25, -0.2) is 9.18 Å². The molecule has 0 aromatic heterocycles. The summed E-state index contributed by atoms with van der Waals surface area (Å²) in [5, 5.41) is 3.19. The first-order valence-electron chi connectivity index (χ1n) is 20.1. The van der Waals surface area contributed by atoms with E-state index in [0.29, 0.717) is 65.0 Å². The number of amides is 3. The molecule has 0 aliphatic carbocycles. The van der Waals surface area contributed by atoms with E-state index in [9.17, 15) is 18.8 Å². The van der Waals surface area contributed by atoms with Crippen LogP contribution in [0, 0.1) is 11.2 Å². The van der Waals surface area contributed by atoms with E-state index < -0.39 is 35.4 Å². The molecule has 2 atom stereocenters. The van der Waals surface area contributed by atoms with Gasteiger partial charge in [0.25, 0.3) is 5.91 Å². The minimum Gasteiger partial charge on any atom is -0.492 e. The summed E-state index contributed by atoms with van der Waals surface area (Å²) in [6.45, 7) is 13.1. The lowest BCUT2D eigenvalue weighted by Gasteiger charge is -2.31. The van der Waals surface area contributed by atoms with Crippen LogP contribution in [0.2, 0.25) is 5.02 Å². The molecule has 1 aliphatic rings. The average Bonchev–Trinajstić information content (AvgIpc) is 3.27. The molecule has 0 spiro atoms. The number of rotatable bonds is 16. The van der Waals surface area contributed by atoms with Crippen molar-refractivity contribution in [2.24, 2.45) is 5.41 Å². The smallest absolute Gasteiger partial charge is 0.410 e. The zero-order chi connectivity index (χ0) is 42.7. The summed E-state index contributed by atoms with van der Waals surface area (Å²) in [6, 6.07) is 27.1. The Morgan fingerprint density at radius 3 is 2.31 bits per heavy atom. The van der Waals surface area contributed by atoms with Crippen LogP contribution in [0.5, 0.6) is 11.5 Å². The summed E-state index contributed by atoms with van der Waals surface area (Å²) in [7, 11) is 1.53. The molecule has 0 unspecified atom stereocenters. The van der Waals surface area contributed by atoms with Crippen molar-refractivity contribution in [2.75, 3.05) is 38.3 Å². The van der Waals surface area contributed by atoms with Gasteiger partial charge in [-0.15, -0.1) is 0 Å². The van der Waals surface area contributed by atoms with E-state index in [-0.39, 0.29) is 31.1 Å². The Morgan fingerprint density at radius 1 is 0.898 bits per heavy atom. The monoisotopic (exact) mass is 829 g/mol. The molecule has 10 nitrogen and oxygen atoms in total. The van der Waals surface area contributed by atoms with Crippen molar-refractivity contribution >= 4 is 35.2 Å². The number of benzene rings is 4. The highest BCUT2D eigenvalue weighted by atomic mass is 35.5. The van der Waals surface area contributed by atoms with Crippen LogP contribution in [0.3, 0.4) is 0 Å². The van der Waals surface area contributed by atoms with E-state index in [1.807, 2.05) is 71.9 Å². The number of nitrogens with one attached hydrogen (secondary N) is 1. The van der Waals surface area contributed by atoms with Gasteiger partial charge >= 0.3 is 6.09 Å². The first-order chi connectivity index (χ1) is 28.0. The Morgan fingerprint density at radius 2 is 1.61 bits per heavy atom. The Bertz CT molecular complexity index is 2050. The second-order valence-corrected chi connectivity index (χ2v) is 17.3. The van der Waals surface area contributed by atoms with Crippen LogP contribution in [0.1, 0.15) is 89.2 Å². The summed E-state index contributed by atoms with van der Waals surface area (Å²) in [4.78, 5) is 44.5. The van der Waals surface area contributed by atoms with Crippen molar-refractivity contribution in [2.45, 2.75) is 91.6 Å². The average molecular weight is 830 g/mol. The fourth-order valence-electron chi connectivity index (χ4n) is 6.91. The standard InChI is InChI=1S/C47H57ClFN3O7/c1-46(2,3)31-52-38-24-23-34(48)28-36(38)42(58-40(44(52)54)29-41(53)50-30-33-19-11-12-21-37(33)49)35-20-13-22-39(43(35)56-7)57-27-15-26-51(45(55)59-47(4,5)6)25-14-18-32-16-9-8-10-17-32/h8-13,16-17,19-24,28,40,42H,14-15,18,25-27,29-31H2,1-7H3,(H,50,53)/t40-,42-/m1/s1. The number of hydrogen-bond donors (Lipinski definition) is 1. The largest absolute Gasteiger partial charge is 0.492 e. The van der Waals surface area contributed by atoms with Gasteiger partial charge in [0, 0.05) is 53.6 Å². The second kappa shape index (κ2) is 20.2. The number of ether oxygens (including phenoxy) is 4. The molecule has 0 bridgehead atoms. The lowest BCUT2D eigenvalue weighted by Crippen LogP contribution is -2.45. The molecular weight excluding hydrogens is 773 g/mol. The zero-order valence-electron chi connectivity index (χ0n) is 35.2. The minimum atomic E-state index is -1.22. The third-order valence-electron chi connectivity index (χ3n) is 9.56. The molecule has 4 aromatic rings. The fraction of sp³-hybridized carbons (Fsp3) is 0.426. The van der Waals surface area contributed by atoms with Crippen molar-refractivity contribution in [1.29, 1.82) is 0 Å². The zero-order valence-corrected chi connectivity index (χ0v) is 35.9. The maximum atomic E-state index is 14.5. The normalized spacial score (nSPS) is 15.5. The SMILES string of the molecule is COc1c(OCCCN(CCCc2ccccc2)C(=O)OC(C)(C)C)cccc1[C@H]1O[C@H](CC(=O)NCc2ccccc2F)C(=O)N(CC(C)(C)C)c2ccc(Cl)cc21. The highest BCUT2D eigenvalue weighted by Crippen LogP contribution is 2.45. The van der Waals surface area contributed by atoms with Crippen LogP contribution in [0.25, 0.3) is 0 Å². The lowest BCUT2D eigenvalue weighted by molar-refractivity contribution is -0.138. The van der Waals surface area contributed by atoms with E-state index in [1.165, 1.54) is 18.7 Å². The first-order valence-corrected chi connectivity index (χ1v) is 20.5. The molecular formula is C47H57ClFN3O7. The molecule has 1 N–H and O–H groups in total. The maximum Gasteiger partial charge on any atom is 0.410 e. The number of para-hydroxylation sites is 1. The number of nitrogens with zero attached hydrogens (tertiary/aromatic N) is 2. The van der Waals surface area contributed by atoms with Crippen LogP contribution >= 0.6 is 11.6 Å². The Labute approximate surface area is 352 Å². The lowest BCUT2D eigenvalue weighted by atomic mass is 9.94. The van der Waals surface area contributed by atoms with Crippen molar-refractivity contribution in [3.63, 3.8) is 0 Å². The van der Waals surface area contributed by atoms with Crippen molar-refractivity contribution in [3.05, 3.63) is 124 Å². The number of fused-ring (bicyclic) bond motifs is 1. The van der Waals surface area contributed by atoms with Gasteiger partial charge in [0.15, 0.2) is 11.5 Å². The van der Waals surface area contributed by atoms with Crippen LogP contribution in [0.15, 0.2) is 91.0 Å². The van der Waals surface area contributed by atoms with Crippen molar-refractivity contribution in [3.8, 4) is 11.5 Å². The van der Waals surface area contributed by atoms with Crippen LogP contribution in [0.4, 0.5) is 14.9 Å². The number of methoxy groups -OCH3 is 1. The maximum absolute atomic E-state index is 14.5. The highest BCUT2D eigenvalue weighted by Gasteiger charge is 2.40. The Balaban J connectivity index is 1.38. The molecule has 1 aliphatic heterocycles. The molecule has 0 fully saturated rings.